The molecule has 0 atom stereocenters. The van der Waals surface area contributed by atoms with Gasteiger partial charge in [0, 0.05) is 11.5 Å². The molecule has 1 aromatic carbocycles. The molecule has 0 amide bonds. The summed E-state index contributed by atoms with van der Waals surface area (Å²) in [5.41, 5.74) is 0. The van der Waals surface area contributed by atoms with Gasteiger partial charge in [0.05, 0.1) is 0 Å². The molecule has 0 aliphatic carbocycles. The summed E-state index contributed by atoms with van der Waals surface area (Å²) in [6.07, 6.45) is 3.96. The molecule has 1 heteroatoms. The Morgan fingerprint density at radius 1 is 1.00 bits per heavy atom. The van der Waals surface area contributed by atoms with Crippen molar-refractivity contribution in [2.24, 2.45) is 0 Å². The number of rotatable bonds is 0. The Balaban J connectivity index is 2.83. The molecular formula is C10H9N+. The van der Waals surface area contributed by atoms with Crippen molar-refractivity contribution in [3.63, 3.8) is 0 Å². The zero-order chi connectivity index (χ0) is 7.68. The third-order valence-electron chi connectivity index (χ3n) is 1.75. The molecule has 0 aliphatic heterocycles. The molecule has 1 nitrogen and oxygen atoms in total. The highest BCUT2D eigenvalue weighted by Gasteiger charge is 1.95. The van der Waals surface area contributed by atoms with Crippen LogP contribution in [0.1, 0.15) is 0 Å². The lowest BCUT2D eigenvalue weighted by Crippen LogP contribution is -2.22. The van der Waals surface area contributed by atoms with E-state index in [9.17, 15) is 0 Å². The average Bonchev–Trinajstić information content (AvgIpc) is 2.04. The van der Waals surface area contributed by atoms with Gasteiger partial charge < -0.3 is 0 Å². The summed E-state index contributed by atoms with van der Waals surface area (Å²) in [4.78, 5) is 0. The van der Waals surface area contributed by atoms with Gasteiger partial charge in [-0.3, -0.25) is 0 Å². The second-order valence-corrected chi connectivity index (χ2v) is 2.59. The zero-order valence-corrected chi connectivity index (χ0v) is 6.20. The maximum atomic E-state index is 3.79. The number of hydrogen-bond acceptors (Lipinski definition) is 0. The van der Waals surface area contributed by atoms with Gasteiger partial charge in [0.15, 0.2) is 12.4 Å². The van der Waals surface area contributed by atoms with Crippen LogP contribution in [0.2, 0.25) is 0 Å². The van der Waals surface area contributed by atoms with Crippen molar-refractivity contribution in [1.29, 1.82) is 0 Å². The Morgan fingerprint density at radius 3 is 2.55 bits per heavy atom. The number of aromatic nitrogens is 1. The molecule has 0 fully saturated rings. The summed E-state index contributed by atoms with van der Waals surface area (Å²) in [7, 11) is 3.79. The lowest BCUT2D eigenvalue weighted by Gasteiger charge is -1.92. The van der Waals surface area contributed by atoms with E-state index in [0.29, 0.717) is 0 Å². The van der Waals surface area contributed by atoms with Crippen LogP contribution in [0.4, 0.5) is 0 Å². The van der Waals surface area contributed by atoms with Gasteiger partial charge >= 0.3 is 0 Å². The second-order valence-electron chi connectivity index (χ2n) is 2.59. The minimum Gasteiger partial charge on any atom is -0.198 e. The van der Waals surface area contributed by atoms with E-state index in [2.05, 4.69) is 25.2 Å². The molecule has 0 N–H and O–H groups in total. The molecule has 0 saturated heterocycles. The fourth-order valence-electron chi connectivity index (χ4n) is 1.18. The highest BCUT2D eigenvalue weighted by atomic mass is 14.9. The molecule has 0 bridgehead atoms. The Bertz CT molecular complexity index is 379. The minimum atomic E-state index is 1.23. The van der Waals surface area contributed by atoms with Crippen molar-refractivity contribution in [3.8, 4) is 0 Å². The van der Waals surface area contributed by atoms with Crippen LogP contribution in [-0.2, 0) is 0 Å². The number of hydrogen-bond donors (Lipinski definition) is 0. The lowest BCUT2D eigenvalue weighted by atomic mass is 10.2. The number of benzene rings is 1. The van der Waals surface area contributed by atoms with Gasteiger partial charge in [0.2, 0.25) is 7.05 Å². The Morgan fingerprint density at radius 2 is 1.73 bits per heavy atom. The molecule has 2 aromatic rings. The van der Waals surface area contributed by atoms with E-state index >= 15 is 0 Å². The quantitative estimate of drug-likeness (QED) is 0.495. The van der Waals surface area contributed by atoms with Crippen LogP contribution < -0.4 is 4.57 Å². The second kappa shape index (κ2) is 2.35. The van der Waals surface area contributed by atoms with E-state index in [1.807, 2.05) is 29.1 Å². The third-order valence-corrected chi connectivity index (χ3v) is 1.75. The van der Waals surface area contributed by atoms with Crippen molar-refractivity contribution in [2.45, 2.75) is 0 Å². The van der Waals surface area contributed by atoms with Crippen LogP contribution in [0.5, 0.6) is 0 Å². The van der Waals surface area contributed by atoms with Crippen LogP contribution >= 0.6 is 0 Å². The third kappa shape index (κ3) is 1.09. The van der Waals surface area contributed by atoms with Crippen LogP contribution in [0.3, 0.4) is 0 Å². The van der Waals surface area contributed by atoms with Gasteiger partial charge in [-0.15, -0.1) is 0 Å². The normalized spacial score (nSPS) is 10.3. The van der Waals surface area contributed by atoms with Crippen molar-refractivity contribution in [3.05, 3.63) is 49.8 Å². The Kier molecular flexibility index (Phi) is 1.35. The maximum absolute atomic E-state index is 3.79. The van der Waals surface area contributed by atoms with Crippen LogP contribution in [0, 0.1) is 7.05 Å². The zero-order valence-electron chi connectivity index (χ0n) is 6.20. The first-order chi connectivity index (χ1) is 5.36. The standard InChI is InChI=1S/C10H9N/c1-11-7-6-9-4-2-3-5-10(9)8-11/h2-8H,1H2/q+1. The van der Waals surface area contributed by atoms with E-state index in [1.165, 1.54) is 10.8 Å². The van der Waals surface area contributed by atoms with Crippen molar-refractivity contribution in [2.75, 3.05) is 0 Å². The summed E-state index contributed by atoms with van der Waals surface area (Å²) in [5, 5.41) is 2.48. The van der Waals surface area contributed by atoms with Crippen LogP contribution in [0.15, 0.2) is 42.7 Å². The monoisotopic (exact) mass is 143 g/mol. The van der Waals surface area contributed by atoms with Gasteiger partial charge in [-0.25, -0.2) is 0 Å². The maximum Gasteiger partial charge on any atom is 0.206 e. The SMILES string of the molecule is [CH2][n+]1ccc2ccccc2c1. The number of nitrogens with zero attached hydrogens (tertiary/aromatic N) is 1. The molecular weight excluding hydrogens is 134 g/mol. The molecule has 2 rings (SSSR count). The molecule has 0 saturated carbocycles. The molecule has 0 unspecified atom stereocenters. The summed E-state index contributed by atoms with van der Waals surface area (Å²) in [6.45, 7) is 0. The summed E-state index contributed by atoms with van der Waals surface area (Å²) >= 11 is 0. The van der Waals surface area contributed by atoms with Gasteiger partial charge in [0.1, 0.15) is 0 Å². The predicted octanol–water partition coefficient (Wildman–Crippen LogP) is 1.77. The van der Waals surface area contributed by atoms with Crippen molar-refractivity contribution < 1.29 is 4.57 Å². The topological polar surface area (TPSA) is 3.88 Å². The van der Waals surface area contributed by atoms with Crippen molar-refractivity contribution in [1.82, 2.24) is 0 Å². The number of pyridine rings is 1. The van der Waals surface area contributed by atoms with Crippen LogP contribution in [0.25, 0.3) is 10.8 Å². The highest BCUT2D eigenvalue weighted by Crippen LogP contribution is 2.08. The van der Waals surface area contributed by atoms with Gasteiger partial charge in [-0.2, -0.15) is 4.57 Å². The fourth-order valence-corrected chi connectivity index (χ4v) is 1.18. The number of fused-ring (bicyclic) bond motifs is 1. The molecule has 1 aromatic heterocycles. The molecule has 11 heavy (non-hydrogen) atoms. The minimum absolute atomic E-state index is 1.23. The molecule has 1 heterocycles. The first kappa shape index (κ1) is 6.35. The Labute approximate surface area is 65.9 Å². The first-order valence-corrected chi connectivity index (χ1v) is 3.57. The van der Waals surface area contributed by atoms with E-state index < -0.39 is 0 Å². The summed E-state index contributed by atoms with van der Waals surface area (Å²) < 4.78 is 1.81. The molecule has 0 aliphatic rings. The van der Waals surface area contributed by atoms with Crippen molar-refractivity contribution >= 4 is 10.8 Å². The van der Waals surface area contributed by atoms with E-state index in [1.54, 1.807) is 0 Å². The average molecular weight is 143 g/mol. The molecule has 0 spiro atoms. The summed E-state index contributed by atoms with van der Waals surface area (Å²) in [5.74, 6) is 0. The fraction of sp³-hybridized carbons (Fsp3) is 0. The van der Waals surface area contributed by atoms with E-state index in [-0.39, 0.29) is 0 Å². The highest BCUT2D eigenvalue weighted by molar-refractivity contribution is 5.80. The van der Waals surface area contributed by atoms with E-state index in [4.69, 9.17) is 0 Å². The smallest absolute Gasteiger partial charge is 0.198 e. The first-order valence-electron chi connectivity index (χ1n) is 3.57. The summed E-state index contributed by atoms with van der Waals surface area (Å²) in [6, 6.07) is 10.3. The van der Waals surface area contributed by atoms with Gasteiger partial charge in [0.25, 0.3) is 0 Å². The van der Waals surface area contributed by atoms with Gasteiger partial charge in [-0.1, -0.05) is 18.2 Å². The largest absolute Gasteiger partial charge is 0.206 e. The Hall–Kier alpha value is -1.37. The molecule has 1 radical (unpaired) electrons. The van der Waals surface area contributed by atoms with E-state index in [0.717, 1.165) is 0 Å². The predicted molar refractivity (Wildman–Crippen MR) is 44.9 cm³/mol. The lowest BCUT2D eigenvalue weighted by molar-refractivity contribution is -0.610. The van der Waals surface area contributed by atoms with Gasteiger partial charge in [-0.05, 0) is 11.5 Å². The molecule has 53 valence electrons. The van der Waals surface area contributed by atoms with Crippen LogP contribution in [-0.4, -0.2) is 0 Å².